The van der Waals surface area contributed by atoms with Gasteiger partial charge in [-0.05, 0) is 116 Å². The van der Waals surface area contributed by atoms with Crippen molar-refractivity contribution in [1.29, 1.82) is 0 Å². The van der Waals surface area contributed by atoms with Gasteiger partial charge in [0.25, 0.3) is 0 Å². The number of hydrogen-bond acceptors (Lipinski definition) is 5. The molecule has 1 N–H and O–H groups in total. The number of Topliss-reactive ketones (excluding diaryl/α,β-unsaturated/α-hetero) is 1. The number of hydrogen-bond donors (Lipinski definition) is 1. The molecule has 6 bridgehead atoms. The van der Waals surface area contributed by atoms with Crippen LogP contribution in [0.15, 0.2) is 0 Å². The lowest BCUT2D eigenvalue weighted by Gasteiger charge is -2.38. The molecule has 0 aromatic carbocycles. The van der Waals surface area contributed by atoms with E-state index in [-0.39, 0.29) is 12.2 Å². The number of ether oxygens (including phenoxy) is 2. The fraction of sp³-hybridized carbons (Fsp3) is 0.938. The first kappa shape index (κ1) is 28.9. The highest BCUT2D eigenvalue weighted by Gasteiger charge is 2.48. The number of methoxy groups -OCH3 is 1. The molecule has 6 fully saturated rings. The Morgan fingerprint density at radius 1 is 0.784 bits per heavy atom. The summed E-state index contributed by atoms with van der Waals surface area (Å²) in [5, 5.41) is 9.72. The van der Waals surface area contributed by atoms with Crippen molar-refractivity contribution in [3.63, 3.8) is 0 Å². The number of rotatable bonds is 1. The third-order valence-corrected chi connectivity index (χ3v) is 11.9. The zero-order valence-electron chi connectivity index (χ0n) is 24.7. The van der Waals surface area contributed by atoms with Crippen LogP contribution < -0.4 is 0 Å². The number of carbonyl (C=O) groups excluding carboxylic acids is 2. The van der Waals surface area contributed by atoms with E-state index in [0.717, 1.165) is 37.0 Å². The molecule has 11 unspecified atom stereocenters. The van der Waals surface area contributed by atoms with Crippen molar-refractivity contribution in [3.05, 3.63) is 0 Å². The summed E-state index contributed by atoms with van der Waals surface area (Å²) in [7, 11) is 1.37. The summed E-state index contributed by atoms with van der Waals surface area (Å²) in [6.07, 6.45) is 14.2. The second-order valence-electron chi connectivity index (χ2n) is 15.2. The largest absolute Gasteiger partial charge is 0.508 e. The maximum atomic E-state index is 11.5. The average molecular weight is 519 g/mol. The van der Waals surface area contributed by atoms with Crippen LogP contribution in [0.2, 0.25) is 0 Å². The molecule has 5 nitrogen and oxygen atoms in total. The van der Waals surface area contributed by atoms with Crippen LogP contribution in [-0.2, 0) is 14.3 Å². The van der Waals surface area contributed by atoms with Crippen molar-refractivity contribution in [3.8, 4) is 0 Å². The van der Waals surface area contributed by atoms with Gasteiger partial charge >= 0.3 is 6.16 Å². The van der Waals surface area contributed by atoms with Crippen LogP contribution in [0, 0.1) is 51.8 Å². The fourth-order valence-electron chi connectivity index (χ4n) is 9.11. The number of aliphatic hydroxyl groups is 1. The third-order valence-electron chi connectivity index (χ3n) is 11.9. The van der Waals surface area contributed by atoms with E-state index in [1.165, 1.54) is 64.9 Å². The molecule has 212 valence electrons. The predicted octanol–water partition coefficient (Wildman–Crippen LogP) is 7.58. The van der Waals surface area contributed by atoms with Gasteiger partial charge in [0.1, 0.15) is 11.9 Å². The Bertz CT molecular complexity index is 841. The third kappa shape index (κ3) is 6.39. The minimum Gasteiger partial charge on any atom is -0.438 e. The molecule has 11 atom stereocenters. The summed E-state index contributed by atoms with van der Waals surface area (Å²) in [4.78, 5) is 22.6. The molecule has 37 heavy (non-hydrogen) atoms. The lowest BCUT2D eigenvalue weighted by atomic mass is 9.71. The van der Waals surface area contributed by atoms with E-state index in [4.69, 9.17) is 4.74 Å². The van der Waals surface area contributed by atoms with Gasteiger partial charge in [-0.25, -0.2) is 4.79 Å². The number of aliphatic hydroxyl groups excluding tert-OH is 1. The zero-order valence-corrected chi connectivity index (χ0v) is 24.7. The predicted molar refractivity (Wildman–Crippen MR) is 146 cm³/mol. The smallest absolute Gasteiger partial charge is 0.438 e. The van der Waals surface area contributed by atoms with Crippen LogP contribution in [0.3, 0.4) is 0 Å². The van der Waals surface area contributed by atoms with Gasteiger partial charge in [0.15, 0.2) is 0 Å². The Morgan fingerprint density at radius 2 is 1.30 bits per heavy atom. The molecule has 6 aliphatic rings. The summed E-state index contributed by atoms with van der Waals surface area (Å²) >= 11 is 0. The van der Waals surface area contributed by atoms with E-state index >= 15 is 0 Å². The van der Waals surface area contributed by atoms with Crippen LogP contribution in [0.4, 0.5) is 4.79 Å². The molecule has 6 rings (SSSR count). The Hall–Kier alpha value is -1.10. The van der Waals surface area contributed by atoms with Gasteiger partial charge < -0.3 is 14.6 Å². The maximum absolute atomic E-state index is 11.5. The fourth-order valence-corrected chi connectivity index (χ4v) is 9.11. The van der Waals surface area contributed by atoms with E-state index in [1.54, 1.807) is 0 Å². The van der Waals surface area contributed by atoms with E-state index in [2.05, 4.69) is 46.3 Å². The molecule has 5 heteroatoms. The SMILES string of the molecule is CC1C(=O)CC2(C)CCC1C2.CC1C(O)CC2(C)CCC1C2.COC(=O)OC1CC2(C)CCC(C2)C1C. The highest BCUT2D eigenvalue weighted by atomic mass is 16.7. The van der Waals surface area contributed by atoms with Gasteiger partial charge in [-0.2, -0.15) is 0 Å². The van der Waals surface area contributed by atoms with Gasteiger partial charge in [-0.3, -0.25) is 4.79 Å². The minimum atomic E-state index is -0.531. The Kier molecular flexibility index (Phi) is 8.45. The number of carbonyl (C=O) groups is 2. The van der Waals surface area contributed by atoms with Gasteiger partial charge in [0, 0.05) is 12.3 Å². The maximum Gasteiger partial charge on any atom is 0.508 e. The Morgan fingerprint density at radius 3 is 1.92 bits per heavy atom. The quantitative estimate of drug-likeness (QED) is 0.362. The first-order chi connectivity index (χ1) is 17.3. The number of ketones is 1. The normalized spacial score (nSPS) is 49.4. The van der Waals surface area contributed by atoms with Crippen LogP contribution in [0.25, 0.3) is 0 Å². The molecule has 0 amide bonds. The van der Waals surface area contributed by atoms with Gasteiger partial charge in [0.05, 0.1) is 13.2 Å². The molecule has 0 radical (unpaired) electrons. The lowest BCUT2D eigenvalue weighted by Crippen LogP contribution is -2.37. The van der Waals surface area contributed by atoms with Gasteiger partial charge in [-0.1, -0.05) is 41.5 Å². The molecule has 6 saturated carbocycles. The van der Waals surface area contributed by atoms with Crippen molar-refractivity contribution in [2.24, 2.45) is 51.8 Å². The van der Waals surface area contributed by atoms with Crippen molar-refractivity contribution in [2.75, 3.05) is 7.11 Å². The first-order valence-electron chi connectivity index (χ1n) is 15.2. The van der Waals surface area contributed by atoms with Crippen LogP contribution in [0.1, 0.15) is 119 Å². The molecule has 0 spiro atoms. The summed E-state index contributed by atoms with van der Waals surface area (Å²) in [6, 6.07) is 0. The zero-order chi connectivity index (χ0) is 27.2. The molecule has 0 saturated heterocycles. The van der Waals surface area contributed by atoms with Gasteiger partial charge in [-0.15, -0.1) is 0 Å². The standard InChI is InChI=1S/C12H20O3.C10H18O.C10H16O/c1-8-9-4-5-12(2,6-9)7-10(8)15-11(13)14-3;2*1-7-8-3-4-10(2,5-8)6-9(7)11/h8-10H,4-7H2,1-3H3;7-9,11H,3-6H2,1-2H3;7-8H,3-6H2,1-2H3. The molecule has 0 aliphatic heterocycles. The second-order valence-corrected chi connectivity index (χ2v) is 15.2. The summed E-state index contributed by atoms with van der Waals surface area (Å²) in [5.74, 6) is 4.21. The minimum absolute atomic E-state index is 0.0127. The Labute approximate surface area is 225 Å². The van der Waals surface area contributed by atoms with E-state index in [9.17, 15) is 14.7 Å². The molecule has 0 aromatic rings. The van der Waals surface area contributed by atoms with Gasteiger partial charge in [0.2, 0.25) is 0 Å². The topological polar surface area (TPSA) is 72.8 Å². The second kappa shape index (κ2) is 10.8. The van der Waals surface area contributed by atoms with Crippen LogP contribution in [-0.4, -0.2) is 36.4 Å². The molecule has 6 aliphatic carbocycles. The van der Waals surface area contributed by atoms with Crippen molar-refractivity contribution in [1.82, 2.24) is 0 Å². The average Bonchev–Trinajstić information content (AvgIpc) is 3.48. The van der Waals surface area contributed by atoms with Crippen LogP contribution in [0.5, 0.6) is 0 Å². The molecule has 0 heterocycles. The summed E-state index contributed by atoms with van der Waals surface area (Å²) in [5.41, 5.74) is 1.29. The summed E-state index contributed by atoms with van der Waals surface area (Å²) in [6.45, 7) is 13.4. The van der Waals surface area contributed by atoms with E-state index in [1.807, 2.05) is 0 Å². The van der Waals surface area contributed by atoms with E-state index in [0.29, 0.717) is 39.8 Å². The first-order valence-corrected chi connectivity index (χ1v) is 15.2. The lowest BCUT2D eigenvalue weighted by molar-refractivity contribution is -0.128. The molecule has 0 aromatic heterocycles. The molecular weight excluding hydrogens is 464 g/mol. The van der Waals surface area contributed by atoms with E-state index < -0.39 is 6.16 Å². The molecular formula is C32H54O5. The monoisotopic (exact) mass is 518 g/mol. The van der Waals surface area contributed by atoms with Crippen molar-refractivity contribution < 1.29 is 24.2 Å². The Balaban J connectivity index is 0.000000132. The highest BCUT2D eigenvalue weighted by Crippen LogP contribution is 2.55. The summed E-state index contributed by atoms with van der Waals surface area (Å²) < 4.78 is 9.90. The van der Waals surface area contributed by atoms with Crippen molar-refractivity contribution in [2.45, 2.75) is 131 Å². The van der Waals surface area contributed by atoms with Crippen molar-refractivity contribution >= 4 is 11.9 Å². The highest BCUT2D eigenvalue weighted by molar-refractivity contribution is 5.82. The van der Waals surface area contributed by atoms with Crippen LogP contribution >= 0.6 is 0 Å². The number of fused-ring (bicyclic) bond motifs is 6.